The van der Waals surface area contributed by atoms with E-state index < -0.39 is 0 Å². The number of halogens is 1. The summed E-state index contributed by atoms with van der Waals surface area (Å²) in [5.74, 6) is 1.11. The first-order valence-electron chi connectivity index (χ1n) is 7.31. The Morgan fingerprint density at radius 1 is 1.29 bits per heavy atom. The van der Waals surface area contributed by atoms with Gasteiger partial charge >= 0.3 is 0 Å². The van der Waals surface area contributed by atoms with Crippen molar-refractivity contribution < 1.29 is 0 Å². The normalized spacial score (nSPS) is 14.8. The van der Waals surface area contributed by atoms with E-state index in [4.69, 9.17) is 11.6 Å². The third kappa shape index (κ3) is 3.42. The molecule has 0 fully saturated rings. The van der Waals surface area contributed by atoms with Crippen LogP contribution in [-0.4, -0.2) is 21.8 Å². The third-order valence-electron chi connectivity index (χ3n) is 3.65. The summed E-state index contributed by atoms with van der Waals surface area (Å²) in [6.45, 7) is 1.84. The van der Waals surface area contributed by atoms with Gasteiger partial charge in [0, 0.05) is 24.4 Å². The molecule has 1 N–H and O–H groups in total. The summed E-state index contributed by atoms with van der Waals surface area (Å²) < 4.78 is 2.25. The number of rotatable bonds is 4. The van der Waals surface area contributed by atoms with E-state index in [2.05, 4.69) is 32.2 Å². The highest BCUT2D eigenvalue weighted by Crippen LogP contribution is 2.34. The summed E-state index contributed by atoms with van der Waals surface area (Å²) in [7, 11) is 1.93. The van der Waals surface area contributed by atoms with Gasteiger partial charge in [0.05, 0.1) is 5.02 Å². The average Bonchev–Trinajstić information content (AvgIpc) is 2.70. The molecule has 4 nitrogen and oxygen atoms in total. The quantitative estimate of drug-likeness (QED) is 0.935. The minimum Gasteiger partial charge on any atom is -0.316 e. The van der Waals surface area contributed by atoms with Crippen LogP contribution < -0.4 is 5.32 Å². The molecule has 112 valence electrons. The maximum absolute atomic E-state index is 6.39. The Morgan fingerprint density at radius 2 is 2.19 bits per heavy atom. The lowest BCUT2D eigenvalue weighted by molar-refractivity contribution is 0.591. The summed E-state index contributed by atoms with van der Waals surface area (Å²) in [5, 5.41) is 13.5. The van der Waals surface area contributed by atoms with Gasteiger partial charge in [-0.25, -0.2) is 0 Å². The van der Waals surface area contributed by atoms with Gasteiger partial charge < -0.3 is 9.88 Å². The lowest BCUT2D eigenvalue weighted by Crippen LogP contribution is -2.05. The maximum atomic E-state index is 6.39. The molecule has 1 aliphatic heterocycles. The van der Waals surface area contributed by atoms with Crippen LogP contribution in [0.5, 0.6) is 0 Å². The number of nitrogens with zero attached hydrogens (tertiary/aromatic N) is 3. The number of aryl methyl sites for hydroxylation is 1. The van der Waals surface area contributed by atoms with Crippen molar-refractivity contribution in [2.24, 2.45) is 0 Å². The van der Waals surface area contributed by atoms with Crippen molar-refractivity contribution >= 4 is 23.4 Å². The molecule has 6 heteroatoms. The molecule has 1 aliphatic rings. The smallest absolute Gasteiger partial charge is 0.196 e. The minimum atomic E-state index is 0.777. The van der Waals surface area contributed by atoms with Crippen LogP contribution in [0.4, 0.5) is 0 Å². The molecule has 0 aliphatic carbocycles. The minimum absolute atomic E-state index is 0.777. The van der Waals surface area contributed by atoms with Crippen molar-refractivity contribution in [1.29, 1.82) is 0 Å². The molecule has 1 aromatic carbocycles. The molecule has 2 heterocycles. The highest BCUT2D eigenvalue weighted by Gasteiger charge is 2.16. The molecular formula is C15H19ClN4S. The Labute approximate surface area is 134 Å². The number of aromatic nitrogens is 3. The van der Waals surface area contributed by atoms with Crippen LogP contribution >= 0.6 is 23.4 Å². The fourth-order valence-electron chi connectivity index (χ4n) is 2.57. The second-order valence-corrected chi connectivity index (χ2v) is 6.67. The standard InChI is InChI=1S/C15H19ClN4S/c1-17-10-11-6-7-13(12(16)9-11)21-15-19-18-14-5-3-2-4-8-20(14)15/h6-7,9,17H,2-5,8,10H2,1H3. The molecule has 3 rings (SSSR count). The average molecular weight is 323 g/mol. The van der Waals surface area contributed by atoms with Gasteiger partial charge in [0.1, 0.15) is 5.82 Å². The van der Waals surface area contributed by atoms with Crippen LogP contribution in [0.3, 0.4) is 0 Å². The van der Waals surface area contributed by atoms with Crippen molar-refractivity contribution in [2.45, 2.75) is 48.8 Å². The van der Waals surface area contributed by atoms with Crippen LogP contribution in [0.1, 0.15) is 30.7 Å². The predicted molar refractivity (Wildman–Crippen MR) is 85.9 cm³/mol. The molecule has 2 aromatic rings. The van der Waals surface area contributed by atoms with Crippen molar-refractivity contribution in [3.05, 3.63) is 34.6 Å². The number of fused-ring (bicyclic) bond motifs is 1. The molecule has 1 aromatic heterocycles. The number of nitrogens with one attached hydrogen (secondary N) is 1. The lowest BCUT2D eigenvalue weighted by Gasteiger charge is -2.08. The van der Waals surface area contributed by atoms with E-state index >= 15 is 0 Å². The molecule has 0 saturated carbocycles. The molecule has 0 radical (unpaired) electrons. The van der Waals surface area contributed by atoms with E-state index in [1.54, 1.807) is 11.8 Å². The summed E-state index contributed by atoms with van der Waals surface area (Å²) in [5.41, 5.74) is 1.19. The lowest BCUT2D eigenvalue weighted by atomic mass is 10.2. The molecule has 0 spiro atoms. The Hall–Kier alpha value is -1.04. The molecule has 0 saturated heterocycles. The first-order chi connectivity index (χ1) is 10.3. The Kier molecular flexibility index (Phi) is 4.83. The molecule has 0 unspecified atom stereocenters. The van der Waals surface area contributed by atoms with Gasteiger partial charge in [0.25, 0.3) is 0 Å². The molecule has 0 amide bonds. The largest absolute Gasteiger partial charge is 0.316 e. The van der Waals surface area contributed by atoms with Crippen molar-refractivity contribution in [3.8, 4) is 0 Å². The van der Waals surface area contributed by atoms with Gasteiger partial charge in [-0.3, -0.25) is 0 Å². The van der Waals surface area contributed by atoms with Crippen LogP contribution in [0, 0.1) is 0 Å². The van der Waals surface area contributed by atoms with E-state index in [-0.39, 0.29) is 0 Å². The SMILES string of the molecule is CNCc1ccc(Sc2nnc3n2CCCCC3)c(Cl)c1. The molecular weight excluding hydrogens is 304 g/mol. The number of benzene rings is 1. The molecule has 0 atom stereocenters. The Bertz CT molecular complexity index is 626. The maximum Gasteiger partial charge on any atom is 0.196 e. The van der Waals surface area contributed by atoms with Crippen LogP contribution in [0.2, 0.25) is 5.02 Å². The van der Waals surface area contributed by atoms with E-state index in [0.717, 1.165) is 40.4 Å². The highest BCUT2D eigenvalue weighted by atomic mass is 35.5. The fraction of sp³-hybridized carbons (Fsp3) is 0.467. The van der Waals surface area contributed by atoms with E-state index in [1.165, 1.54) is 24.8 Å². The Balaban J connectivity index is 1.82. The highest BCUT2D eigenvalue weighted by molar-refractivity contribution is 7.99. The van der Waals surface area contributed by atoms with Crippen molar-refractivity contribution in [1.82, 2.24) is 20.1 Å². The zero-order chi connectivity index (χ0) is 14.7. The second kappa shape index (κ2) is 6.81. The number of hydrogen-bond donors (Lipinski definition) is 1. The van der Waals surface area contributed by atoms with Gasteiger partial charge in [-0.05, 0) is 49.3 Å². The predicted octanol–water partition coefficient (Wildman–Crippen LogP) is 3.53. The zero-order valence-electron chi connectivity index (χ0n) is 12.1. The summed E-state index contributed by atoms with van der Waals surface area (Å²) in [6.07, 6.45) is 4.71. The van der Waals surface area contributed by atoms with Gasteiger partial charge in [-0.15, -0.1) is 10.2 Å². The van der Waals surface area contributed by atoms with Gasteiger partial charge in [0.15, 0.2) is 5.16 Å². The van der Waals surface area contributed by atoms with Gasteiger partial charge in [-0.2, -0.15) is 0 Å². The third-order valence-corrected chi connectivity index (χ3v) is 5.14. The second-order valence-electron chi connectivity index (χ2n) is 5.26. The first-order valence-corrected chi connectivity index (χ1v) is 8.50. The monoisotopic (exact) mass is 322 g/mol. The van der Waals surface area contributed by atoms with Crippen molar-refractivity contribution in [2.75, 3.05) is 7.05 Å². The van der Waals surface area contributed by atoms with E-state index in [1.807, 2.05) is 13.1 Å². The zero-order valence-corrected chi connectivity index (χ0v) is 13.7. The first kappa shape index (κ1) is 14.9. The fourth-order valence-corrected chi connectivity index (χ4v) is 3.77. The van der Waals surface area contributed by atoms with Gasteiger partial charge in [0.2, 0.25) is 0 Å². The molecule has 0 bridgehead atoms. The van der Waals surface area contributed by atoms with Crippen LogP contribution in [0.25, 0.3) is 0 Å². The summed E-state index contributed by atoms with van der Waals surface area (Å²) in [6, 6.07) is 6.18. The van der Waals surface area contributed by atoms with E-state index in [9.17, 15) is 0 Å². The van der Waals surface area contributed by atoms with E-state index in [0.29, 0.717) is 0 Å². The molecule has 21 heavy (non-hydrogen) atoms. The summed E-state index contributed by atoms with van der Waals surface area (Å²) in [4.78, 5) is 1.04. The van der Waals surface area contributed by atoms with Gasteiger partial charge in [-0.1, -0.05) is 24.1 Å². The van der Waals surface area contributed by atoms with Crippen molar-refractivity contribution in [3.63, 3.8) is 0 Å². The Morgan fingerprint density at radius 3 is 3.00 bits per heavy atom. The van der Waals surface area contributed by atoms with Crippen LogP contribution in [-0.2, 0) is 19.5 Å². The number of hydrogen-bond acceptors (Lipinski definition) is 4. The van der Waals surface area contributed by atoms with Crippen LogP contribution in [0.15, 0.2) is 28.3 Å². The topological polar surface area (TPSA) is 42.7 Å². The summed E-state index contributed by atoms with van der Waals surface area (Å²) >= 11 is 8.00.